The van der Waals surface area contributed by atoms with Crippen molar-refractivity contribution >= 4 is 11.9 Å². The standard InChI is InChI=1S/C23H30N2O2.C4H6O6/c1-16-5-2-3-7-19(16)20-10-12-25(15-22(20)27)14-17-8-9-18-6-4-11-24-23(18)21(26)13-17;5-1(3(7)8)2(6)4(9)10/h2-7,11,17,20-22,26-27H,8-10,12-15H2,1H3;1-2,5-6H,(H,7,8)(H,9,10)/t17-,20?,21+,22?;1-,2-/m11/s1. The highest BCUT2D eigenvalue weighted by Gasteiger charge is 2.32. The largest absolute Gasteiger partial charge is 0.479 e. The monoisotopic (exact) mass is 516 g/mol. The molecule has 202 valence electrons. The van der Waals surface area contributed by atoms with E-state index in [-0.39, 0.29) is 12.0 Å². The molecule has 1 aromatic heterocycles. The number of aromatic nitrogens is 1. The Balaban J connectivity index is 0.000000325. The lowest BCUT2D eigenvalue weighted by molar-refractivity contribution is -0.165. The van der Waals surface area contributed by atoms with Gasteiger partial charge in [-0.3, -0.25) is 4.98 Å². The molecule has 2 heterocycles. The molecule has 0 radical (unpaired) electrons. The van der Waals surface area contributed by atoms with Gasteiger partial charge >= 0.3 is 11.9 Å². The maximum absolute atomic E-state index is 10.8. The van der Waals surface area contributed by atoms with E-state index in [4.69, 9.17) is 20.4 Å². The number of hydrogen-bond acceptors (Lipinski definition) is 8. The third kappa shape index (κ3) is 7.56. The van der Waals surface area contributed by atoms with Crippen LogP contribution >= 0.6 is 0 Å². The van der Waals surface area contributed by atoms with Crippen molar-refractivity contribution in [1.82, 2.24) is 9.88 Å². The van der Waals surface area contributed by atoms with E-state index in [2.05, 4.69) is 47.1 Å². The van der Waals surface area contributed by atoms with Crippen LogP contribution in [0.1, 0.15) is 53.7 Å². The van der Waals surface area contributed by atoms with Crippen molar-refractivity contribution in [3.05, 3.63) is 65.0 Å². The molecular weight excluding hydrogens is 480 g/mol. The van der Waals surface area contributed by atoms with E-state index in [1.54, 1.807) is 6.20 Å². The number of benzene rings is 1. The minimum Gasteiger partial charge on any atom is -0.479 e. The fourth-order valence-electron chi connectivity index (χ4n) is 5.20. The number of aliphatic hydroxyl groups excluding tert-OH is 4. The maximum Gasteiger partial charge on any atom is 0.335 e. The number of pyridine rings is 1. The van der Waals surface area contributed by atoms with Crippen LogP contribution in [0, 0.1) is 12.8 Å². The molecule has 6 N–H and O–H groups in total. The lowest BCUT2D eigenvalue weighted by Crippen LogP contribution is -2.44. The van der Waals surface area contributed by atoms with E-state index >= 15 is 0 Å². The second kappa shape index (κ2) is 13.1. The minimum atomic E-state index is -2.27. The molecule has 10 nitrogen and oxygen atoms in total. The number of carboxylic acid groups (broad SMARTS) is 2. The fourth-order valence-corrected chi connectivity index (χ4v) is 5.20. The highest BCUT2D eigenvalue weighted by atomic mass is 16.4. The summed E-state index contributed by atoms with van der Waals surface area (Å²) in [4.78, 5) is 26.3. The molecule has 4 rings (SSSR count). The molecule has 0 amide bonds. The van der Waals surface area contributed by atoms with Crippen LogP contribution < -0.4 is 0 Å². The summed E-state index contributed by atoms with van der Waals surface area (Å²) in [7, 11) is 0. The van der Waals surface area contributed by atoms with Crippen molar-refractivity contribution in [2.75, 3.05) is 19.6 Å². The number of likely N-dealkylation sites (tertiary alicyclic amines) is 1. The summed E-state index contributed by atoms with van der Waals surface area (Å²) in [5.74, 6) is -2.86. The van der Waals surface area contributed by atoms with Gasteiger partial charge in [-0.15, -0.1) is 0 Å². The van der Waals surface area contributed by atoms with Gasteiger partial charge in [0.05, 0.1) is 17.9 Å². The number of piperidine rings is 1. The third-order valence-corrected chi connectivity index (χ3v) is 7.20. The van der Waals surface area contributed by atoms with Gasteiger partial charge in [-0.2, -0.15) is 0 Å². The van der Waals surface area contributed by atoms with Gasteiger partial charge in [0, 0.05) is 25.2 Å². The highest BCUT2D eigenvalue weighted by molar-refractivity contribution is 5.83. The van der Waals surface area contributed by atoms with Crippen LogP contribution in [-0.2, 0) is 16.0 Å². The Morgan fingerprint density at radius 1 is 1.03 bits per heavy atom. The number of hydrogen-bond donors (Lipinski definition) is 6. The van der Waals surface area contributed by atoms with Gasteiger partial charge in [0.1, 0.15) is 0 Å². The first kappa shape index (κ1) is 28.7. The molecule has 2 aromatic rings. The van der Waals surface area contributed by atoms with Crippen LogP contribution in [0.25, 0.3) is 0 Å². The average molecular weight is 517 g/mol. The van der Waals surface area contributed by atoms with Crippen molar-refractivity contribution in [3.63, 3.8) is 0 Å². The van der Waals surface area contributed by atoms with Gasteiger partial charge in [-0.25, -0.2) is 9.59 Å². The Labute approximate surface area is 215 Å². The first-order chi connectivity index (χ1) is 17.6. The summed E-state index contributed by atoms with van der Waals surface area (Å²) in [6, 6.07) is 12.5. The summed E-state index contributed by atoms with van der Waals surface area (Å²) in [5.41, 5.74) is 4.60. The molecule has 0 bridgehead atoms. The van der Waals surface area contributed by atoms with Crippen molar-refractivity contribution in [2.24, 2.45) is 5.92 Å². The minimum absolute atomic E-state index is 0.232. The number of fused-ring (bicyclic) bond motifs is 1. The summed E-state index contributed by atoms with van der Waals surface area (Å²) in [6.07, 6.45) is 0.250. The van der Waals surface area contributed by atoms with E-state index in [1.165, 1.54) is 16.7 Å². The quantitative estimate of drug-likeness (QED) is 0.305. The molecule has 1 saturated heterocycles. The SMILES string of the molecule is Cc1ccccc1C1CCN(C[C@@H]2CCc3cccnc3[C@@H](O)C2)CC1O.O=C(O)[C@H](O)[C@@H](O)C(=O)O. The van der Waals surface area contributed by atoms with Crippen LogP contribution in [0.2, 0.25) is 0 Å². The molecule has 1 fully saturated rings. The van der Waals surface area contributed by atoms with Crippen LogP contribution in [0.4, 0.5) is 0 Å². The lowest BCUT2D eigenvalue weighted by Gasteiger charge is -2.38. The first-order valence-corrected chi connectivity index (χ1v) is 12.5. The number of aryl methyl sites for hydroxylation is 2. The Morgan fingerprint density at radius 3 is 2.32 bits per heavy atom. The normalized spacial score (nSPS) is 25.5. The zero-order valence-electron chi connectivity index (χ0n) is 20.8. The predicted molar refractivity (Wildman–Crippen MR) is 134 cm³/mol. The second-order valence-electron chi connectivity index (χ2n) is 9.85. The second-order valence-corrected chi connectivity index (χ2v) is 9.85. The lowest BCUT2D eigenvalue weighted by atomic mass is 9.84. The van der Waals surface area contributed by atoms with Crippen LogP contribution in [-0.4, -0.2) is 90.4 Å². The molecule has 6 atom stereocenters. The van der Waals surface area contributed by atoms with Gasteiger partial charge in [0.15, 0.2) is 12.2 Å². The van der Waals surface area contributed by atoms with E-state index < -0.39 is 30.3 Å². The van der Waals surface area contributed by atoms with Crippen molar-refractivity contribution < 1.29 is 40.2 Å². The smallest absolute Gasteiger partial charge is 0.335 e. The Kier molecular flexibility index (Phi) is 10.1. The Morgan fingerprint density at radius 2 is 1.70 bits per heavy atom. The fraction of sp³-hybridized carbons (Fsp3) is 0.519. The highest BCUT2D eigenvalue weighted by Crippen LogP contribution is 2.34. The molecule has 0 spiro atoms. The summed E-state index contributed by atoms with van der Waals surface area (Å²) in [6.45, 7) is 4.81. The van der Waals surface area contributed by atoms with Crippen LogP contribution in [0.5, 0.6) is 0 Å². The third-order valence-electron chi connectivity index (χ3n) is 7.20. The molecule has 1 aromatic carbocycles. The van der Waals surface area contributed by atoms with E-state index in [9.17, 15) is 19.8 Å². The molecule has 0 saturated carbocycles. The molecule has 1 aliphatic heterocycles. The Bertz CT molecular complexity index is 1050. The molecular formula is C27H36N2O8. The van der Waals surface area contributed by atoms with Crippen LogP contribution in [0.3, 0.4) is 0 Å². The van der Waals surface area contributed by atoms with Gasteiger partial charge in [0.25, 0.3) is 0 Å². The van der Waals surface area contributed by atoms with Gasteiger partial charge in [0.2, 0.25) is 0 Å². The molecule has 10 heteroatoms. The van der Waals surface area contributed by atoms with E-state index in [1.807, 2.05) is 6.07 Å². The summed E-state index contributed by atoms with van der Waals surface area (Å²) in [5, 5.41) is 53.9. The number of carboxylic acids is 2. The topological polar surface area (TPSA) is 172 Å². The average Bonchev–Trinajstić information content (AvgIpc) is 3.02. The van der Waals surface area contributed by atoms with Crippen molar-refractivity contribution in [2.45, 2.75) is 62.9 Å². The van der Waals surface area contributed by atoms with Crippen molar-refractivity contribution in [3.8, 4) is 0 Å². The Hall–Kier alpha value is -2.89. The summed E-state index contributed by atoms with van der Waals surface area (Å²) >= 11 is 0. The maximum atomic E-state index is 10.8. The van der Waals surface area contributed by atoms with Crippen LogP contribution in [0.15, 0.2) is 42.6 Å². The molecule has 1 aliphatic carbocycles. The number of rotatable bonds is 6. The number of carbonyl (C=O) groups is 2. The number of aliphatic hydroxyl groups is 4. The van der Waals surface area contributed by atoms with Gasteiger partial charge in [-0.05, 0) is 67.8 Å². The zero-order chi connectivity index (χ0) is 27.1. The van der Waals surface area contributed by atoms with E-state index in [0.29, 0.717) is 5.92 Å². The van der Waals surface area contributed by atoms with Crippen molar-refractivity contribution in [1.29, 1.82) is 0 Å². The van der Waals surface area contributed by atoms with E-state index in [0.717, 1.165) is 51.0 Å². The van der Waals surface area contributed by atoms with Gasteiger partial charge in [-0.1, -0.05) is 30.3 Å². The van der Waals surface area contributed by atoms with Gasteiger partial charge < -0.3 is 35.5 Å². The first-order valence-electron chi connectivity index (χ1n) is 12.5. The molecule has 37 heavy (non-hydrogen) atoms. The number of nitrogens with zero attached hydrogens (tertiary/aromatic N) is 2. The number of β-amino-alcohol motifs (C(OH)–C–C–N with tert-alkyl or cyclic N) is 1. The number of aliphatic carboxylic acids is 2. The molecule has 2 aliphatic rings. The summed E-state index contributed by atoms with van der Waals surface area (Å²) < 4.78 is 0. The molecule has 2 unspecified atom stereocenters. The zero-order valence-corrected chi connectivity index (χ0v) is 20.8. The predicted octanol–water partition coefficient (Wildman–Crippen LogP) is 1.10.